The van der Waals surface area contributed by atoms with Crippen molar-refractivity contribution in [2.75, 3.05) is 5.43 Å². The first-order valence-electron chi connectivity index (χ1n) is 8.27. The lowest BCUT2D eigenvalue weighted by Gasteiger charge is -2.05. The molecule has 0 radical (unpaired) electrons. The zero-order valence-corrected chi connectivity index (χ0v) is 15.6. The first-order valence-corrected chi connectivity index (χ1v) is 9.15. The van der Waals surface area contributed by atoms with Gasteiger partial charge >= 0.3 is 5.97 Å². The van der Waals surface area contributed by atoms with Crippen LogP contribution in [0.5, 0.6) is 5.75 Å². The van der Waals surface area contributed by atoms with E-state index in [1.807, 2.05) is 19.2 Å². The largest absolute Gasteiger partial charge is 0.422 e. The van der Waals surface area contributed by atoms with Gasteiger partial charge in [0.25, 0.3) is 5.56 Å². The van der Waals surface area contributed by atoms with Gasteiger partial charge in [-0.3, -0.25) is 9.78 Å². The number of ether oxygens (including phenoxy) is 1. The lowest BCUT2D eigenvalue weighted by Crippen LogP contribution is -2.12. The molecule has 0 aliphatic carbocycles. The molecule has 3 rings (SSSR count). The Morgan fingerprint density at radius 1 is 1.30 bits per heavy atom. The van der Waals surface area contributed by atoms with Crippen LogP contribution >= 0.6 is 11.3 Å². The summed E-state index contributed by atoms with van der Waals surface area (Å²) in [6, 6.07) is 11.9. The van der Waals surface area contributed by atoms with Crippen molar-refractivity contribution in [2.45, 2.75) is 19.8 Å². The van der Waals surface area contributed by atoms with Gasteiger partial charge in [0.1, 0.15) is 10.6 Å². The van der Waals surface area contributed by atoms with Crippen molar-refractivity contribution in [1.29, 1.82) is 0 Å². The van der Waals surface area contributed by atoms with Gasteiger partial charge in [0, 0.05) is 6.07 Å². The summed E-state index contributed by atoms with van der Waals surface area (Å²) in [6.45, 7) is 3.92. The van der Waals surface area contributed by atoms with E-state index in [1.165, 1.54) is 17.4 Å². The number of nitrogens with zero attached hydrogens (tertiary/aromatic N) is 2. The number of anilines is 1. The van der Waals surface area contributed by atoms with Gasteiger partial charge in [0.2, 0.25) is 5.95 Å². The summed E-state index contributed by atoms with van der Waals surface area (Å²) in [5.41, 5.74) is 3.96. The van der Waals surface area contributed by atoms with Gasteiger partial charge in [-0.1, -0.05) is 19.9 Å². The van der Waals surface area contributed by atoms with Crippen LogP contribution in [0.3, 0.4) is 0 Å². The van der Waals surface area contributed by atoms with Crippen LogP contribution in [0.25, 0.3) is 0 Å². The average Bonchev–Trinajstić information content (AvgIpc) is 3.17. The Morgan fingerprint density at radius 2 is 2.07 bits per heavy atom. The van der Waals surface area contributed by atoms with Crippen LogP contribution in [-0.2, 0) is 0 Å². The quantitative estimate of drug-likeness (QED) is 0.294. The monoisotopic (exact) mass is 382 g/mol. The number of carbonyl (C=O) groups excluding carboxylic acids is 1. The van der Waals surface area contributed by atoms with Crippen LogP contribution in [0, 0.1) is 0 Å². The Balaban J connectivity index is 1.61. The van der Waals surface area contributed by atoms with Crippen molar-refractivity contribution in [3.8, 4) is 5.75 Å². The second kappa shape index (κ2) is 8.41. The maximum absolute atomic E-state index is 11.9. The Morgan fingerprint density at radius 3 is 2.74 bits per heavy atom. The van der Waals surface area contributed by atoms with E-state index in [1.54, 1.807) is 42.6 Å². The van der Waals surface area contributed by atoms with Crippen molar-refractivity contribution in [3.05, 3.63) is 74.3 Å². The van der Waals surface area contributed by atoms with Gasteiger partial charge < -0.3 is 4.74 Å². The number of carbonyl (C=O) groups is 1. The molecule has 0 spiro atoms. The fraction of sp³-hybridized carbons (Fsp3) is 0.158. The number of aromatic amines is 1. The third-order valence-electron chi connectivity index (χ3n) is 3.55. The smallest absolute Gasteiger partial charge is 0.353 e. The predicted molar refractivity (Wildman–Crippen MR) is 106 cm³/mol. The fourth-order valence-corrected chi connectivity index (χ4v) is 2.77. The molecule has 1 aromatic carbocycles. The van der Waals surface area contributed by atoms with Crippen LogP contribution < -0.4 is 15.7 Å². The van der Waals surface area contributed by atoms with Gasteiger partial charge in [-0.25, -0.2) is 15.2 Å². The summed E-state index contributed by atoms with van der Waals surface area (Å²) in [5.74, 6) is 0.493. The fourth-order valence-electron chi connectivity index (χ4n) is 2.17. The van der Waals surface area contributed by atoms with Crippen molar-refractivity contribution < 1.29 is 9.53 Å². The number of aromatic nitrogens is 2. The van der Waals surface area contributed by atoms with E-state index < -0.39 is 0 Å². The Labute approximate surface area is 159 Å². The summed E-state index contributed by atoms with van der Waals surface area (Å²) in [7, 11) is 0. The van der Waals surface area contributed by atoms with Crippen molar-refractivity contribution in [2.24, 2.45) is 5.10 Å². The van der Waals surface area contributed by atoms with Crippen molar-refractivity contribution >= 4 is 29.5 Å². The molecule has 0 saturated carbocycles. The van der Waals surface area contributed by atoms with E-state index in [0.717, 1.165) is 5.56 Å². The van der Waals surface area contributed by atoms with Gasteiger partial charge in [-0.15, -0.1) is 11.3 Å². The molecule has 0 atom stereocenters. The number of hydrazone groups is 1. The van der Waals surface area contributed by atoms with Crippen LogP contribution in [0.2, 0.25) is 0 Å². The van der Waals surface area contributed by atoms with E-state index in [0.29, 0.717) is 16.3 Å². The molecule has 2 heterocycles. The number of nitrogens with one attached hydrogen (secondary N) is 2. The number of esters is 1. The lowest BCUT2D eigenvalue weighted by molar-refractivity contribution is 0.0740. The Bertz CT molecular complexity index is 993. The molecule has 0 bridgehead atoms. The average molecular weight is 382 g/mol. The number of benzene rings is 1. The maximum Gasteiger partial charge on any atom is 0.353 e. The summed E-state index contributed by atoms with van der Waals surface area (Å²) in [4.78, 5) is 31.0. The number of rotatable bonds is 6. The topological polar surface area (TPSA) is 96.4 Å². The summed E-state index contributed by atoms with van der Waals surface area (Å²) in [5, 5.41) is 5.89. The molecule has 8 heteroatoms. The van der Waals surface area contributed by atoms with Crippen LogP contribution in [0.15, 0.2) is 57.7 Å². The minimum absolute atomic E-state index is 0.140. The van der Waals surface area contributed by atoms with E-state index >= 15 is 0 Å². The maximum atomic E-state index is 11.9. The number of hydrogen-bond donors (Lipinski definition) is 2. The highest BCUT2D eigenvalue weighted by Crippen LogP contribution is 2.16. The zero-order valence-electron chi connectivity index (χ0n) is 14.8. The van der Waals surface area contributed by atoms with Gasteiger partial charge in [0.05, 0.1) is 11.9 Å². The number of hydrogen-bond acceptors (Lipinski definition) is 7. The third kappa shape index (κ3) is 5.11. The molecule has 0 aliphatic rings. The molecule has 3 aromatic rings. The number of H-pyrrole nitrogens is 1. The van der Waals surface area contributed by atoms with Crippen LogP contribution in [0.4, 0.5) is 5.95 Å². The van der Waals surface area contributed by atoms with Gasteiger partial charge in [0.15, 0.2) is 0 Å². The third-order valence-corrected chi connectivity index (χ3v) is 4.40. The van der Waals surface area contributed by atoms with E-state index in [2.05, 4.69) is 20.5 Å². The van der Waals surface area contributed by atoms with Crippen molar-refractivity contribution in [3.63, 3.8) is 0 Å². The highest BCUT2D eigenvalue weighted by Gasteiger charge is 2.09. The molecular weight excluding hydrogens is 364 g/mol. The first-order chi connectivity index (χ1) is 13.0. The summed E-state index contributed by atoms with van der Waals surface area (Å²) >= 11 is 1.33. The normalized spacial score (nSPS) is 11.1. The zero-order chi connectivity index (χ0) is 19.2. The molecule has 0 saturated heterocycles. The molecule has 7 nitrogen and oxygen atoms in total. The summed E-state index contributed by atoms with van der Waals surface area (Å²) in [6.07, 6.45) is 1.58. The van der Waals surface area contributed by atoms with Crippen LogP contribution in [-0.4, -0.2) is 22.2 Å². The molecule has 138 valence electrons. The SMILES string of the molecule is CC(C)c1cc(=O)[nH]c(N/N=C\c2ccc(OC(=O)c3cccs3)cc2)n1. The van der Waals surface area contributed by atoms with E-state index in [-0.39, 0.29) is 23.4 Å². The summed E-state index contributed by atoms with van der Waals surface area (Å²) < 4.78 is 5.30. The van der Waals surface area contributed by atoms with Gasteiger partial charge in [-0.2, -0.15) is 5.10 Å². The molecule has 2 N–H and O–H groups in total. The Hall–Kier alpha value is -3.26. The number of thiophene rings is 1. The van der Waals surface area contributed by atoms with E-state index in [9.17, 15) is 9.59 Å². The standard InChI is InChI=1S/C19H18N4O3S/c1-12(2)15-10-17(24)22-19(21-15)23-20-11-13-5-7-14(8-6-13)26-18(25)16-4-3-9-27-16/h3-12H,1-2H3,(H2,21,22,23,24)/b20-11-. The lowest BCUT2D eigenvalue weighted by atomic mass is 10.1. The van der Waals surface area contributed by atoms with Crippen molar-refractivity contribution in [1.82, 2.24) is 9.97 Å². The highest BCUT2D eigenvalue weighted by atomic mass is 32.1. The molecule has 0 amide bonds. The predicted octanol–water partition coefficient (Wildman–Crippen LogP) is 3.62. The Kier molecular flexibility index (Phi) is 5.77. The van der Waals surface area contributed by atoms with Crippen LogP contribution in [0.1, 0.15) is 40.7 Å². The molecule has 0 fully saturated rings. The highest BCUT2D eigenvalue weighted by molar-refractivity contribution is 7.12. The minimum atomic E-state index is -0.381. The second-order valence-corrected chi connectivity index (χ2v) is 6.93. The molecule has 2 aromatic heterocycles. The minimum Gasteiger partial charge on any atom is -0.422 e. The molecule has 0 unspecified atom stereocenters. The first kappa shape index (κ1) is 18.5. The van der Waals surface area contributed by atoms with E-state index in [4.69, 9.17) is 4.74 Å². The molecular formula is C19H18N4O3S. The molecule has 0 aliphatic heterocycles. The molecule has 27 heavy (non-hydrogen) atoms. The second-order valence-electron chi connectivity index (χ2n) is 5.98. The van der Waals surface area contributed by atoms with Gasteiger partial charge in [-0.05, 0) is 47.2 Å².